The monoisotopic (exact) mass is 374 g/mol. The first-order valence-electron chi connectivity index (χ1n) is 8.23. The Hall–Kier alpha value is -1.41. The van der Waals surface area contributed by atoms with Gasteiger partial charge in [-0.2, -0.15) is 13.2 Å². The van der Waals surface area contributed by atoms with E-state index in [0.717, 1.165) is 43.4 Å². The lowest BCUT2D eigenvalue weighted by atomic mass is 10.1. The van der Waals surface area contributed by atoms with E-state index in [2.05, 4.69) is 10.2 Å². The van der Waals surface area contributed by atoms with Gasteiger partial charge in [-0.05, 0) is 50.7 Å². The molecule has 2 fully saturated rings. The number of halogens is 3. The van der Waals surface area contributed by atoms with Crippen LogP contribution in [0, 0.1) is 0 Å². The summed E-state index contributed by atoms with van der Waals surface area (Å²) in [5, 5.41) is 2.95. The summed E-state index contributed by atoms with van der Waals surface area (Å²) in [4.78, 5) is 15.3. The number of rotatable bonds is 5. The molecule has 8 heteroatoms. The number of likely N-dealkylation sites (tertiary alicyclic amines) is 1. The van der Waals surface area contributed by atoms with E-state index in [-0.39, 0.29) is 28.2 Å². The number of nitrogens with one attached hydrogen (secondary N) is 1. The summed E-state index contributed by atoms with van der Waals surface area (Å²) in [6.07, 6.45) is 0.421. The number of methoxy groups -OCH3 is 1. The Morgan fingerprint density at radius 2 is 2.00 bits per heavy atom. The third-order valence-electron chi connectivity index (χ3n) is 4.74. The maximum absolute atomic E-state index is 13.0. The van der Waals surface area contributed by atoms with Gasteiger partial charge in [0, 0.05) is 17.0 Å². The normalized spacial score (nSPS) is 23.6. The van der Waals surface area contributed by atoms with Crippen molar-refractivity contribution in [1.82, 2.24) is 10.2 Å². The van der Waals surface area contributed by atoms with Crippen molar-refractivity contribution in [2.24, 2.45) is 0 Å². The first kappa shape index (κ1) is 18.4. The van der Waals surface area contributed by atoms with E-state index < -0.39 is 11.7 Å². The van der Waals surface area contributed by atoms with Crippen LogP contribution in [0.3, 0.4) is 0 Å². The summed E-state index contributed by atoms with van der Waals surface area (Å²) in [5.74, 6) is -0.420. The van der Waals surface area contributed by atoms with E-state index >= 15 is 0 Å². The third-order valence-corrected chi connectivity index (χ3v) is 5.50. The second kappa shape index (κ2) is 7.07. The van der Waals surface area contributed by atoms with Crippen molar-refractivity contribution >= 4 is 17.7 Å². The van der Waals surface area contributed by atoms with Gasteiger partial charge in [0.15, 0.2) is 0 Å². The fraction of sp³-hybridized carbons (Fsp3) is 0.588. The summed E-state index contributed by atoms with van der Waals surface area (Å²) < 4.78 is 44.2. The molecule has 3 rings (SSSR count). The van der Waals surface area contributed by atoms with Crippen LogP contribution in [0.25, 0.3) is 0 Å². The first-order valence-corrected chi connectivity index (χ1v) is 9.45. The minimum absolute atomic E-state index is 0.0463. The molecule has 138 valence electrons. The molecule has 0 spiro atoms. The van der Waals surface area contributed by atoms with Gasteiger partial charge in [0.1, 0.15) is 5.75 Å². The highest BCUT2D eigenvalue weighted by Crippen LogP contribution is 2.39. The van der Waals surface area contributed by atoms with Crippen LogP contribution in [0.4, 0.5) is 13.2 Å². The molecule has 0 radical (unpaired) electrons. The average Bonchev–Trinajstić information content (AvgIpc) is 3.11. The van der Waals surface area contributed by atoms with Gasteiger partial charge in [-0.25, -0.2) is 0 Å². The molecule has 1 aromatic carbocycles. The molecule has 2 atom stereocenters. The quantitative estimate of drug-likeness (QED) is 0.802. The van der Waals surface area contributed by atoms with Gasteiger partial charge in [-0.3, -0.25) is 9.69 Å². The minimum Gasteiger partial charge on any atom is -0.496 e. The number of hydrogen-bond donors (Lipinski definition) is 1. The van der Waals surface area contributed by atoms with E-state index in [1.807, 2.05) is 0 Å². The molecule has 1 heterocycles. The number of alkyl halides is 3. The summed E-state index contributed by atoms with van der Waals surface area (Å²) in [6, 6.07) is 2.31. The third kappa shape index (κ3) is 3.89. The summed E-state index contributed by atoms with van der Waals surface area (Å²) in [6.45, 7) is 2.10. The molecular formula is C17H21F3N2O2S. The zero-order valence-corrected chi connectivity index (χ0v) is 15.0. The van der Waals surface area contributed by atoms with Crippen LogP contribution in [-0.2, 0) is 6.18 Å². The Morgan fingerprint density at radius 1 is 1.32 bits per heavy atom. The second-order valence-electron chi connectivity index (χ2n) is 6.38. The van der Waals surface area contributed by atoms with Crippen molar-refractivity contribution in [2.75, 3.05) is 26.5 Å². The van der Waals surface area contributed by atoms with E-state index in [0.29, 0.717) is 6.04 Å². The molecule has 1 saturated carbocycles. The fourth-order valence-electron chi connectivity index (χ4n) is 3.35. The number of amides is 1. The minimum atomic E-state index is -4.48. The molecule has 1 saturated heterocycles. The van der Waals surface area contributed by atoms with Gasteiger partial charge in [0.05, 0.1) is 18.2 Å². The highest BCUT2D eigenvalue weighted by Gasteiger charge is 2.44. The number of nitrogens with zero attached hydrogens (tertiary/aromatic N) is 1. The Kier molecular flexibility index (Phi) is 5.20. The molecule has 4 nitrogen and oxygen atoms in total. The highest BCUT2D eigenvalue weighted by atomic mass is 32.2. The smallest absolute Gasteiger partial charge is 0.416 e. The molecule has 1 aliphatic carbocycles. The molecule has 0 bridgehead atoms. The summed E-state index contributed by atoms with van der Waals surface area (Å²) >= 11 is 1.11. The van der Waals surface area contributed by atoms with Crippen molar-refractivity contribution in [2.45, 2.75) is 42.4 Å². The fourth-order valence-corrected chi connectivity index (χ4v) is 4.00. The molecule has 1 aromatic rings. The largest absolute Gasteiger partial charge is 0.496 e. The highest BCUT2D eigenvalue weighted by molar-refractivity contribution is 7.98. The number of hydrogen-bond acceptors (Lipinski definition) is 4. The molecule has 2 unspecified atom stereocenters. The standard InChI is InChI=1S/C17H21F3N2O2S/c1-24-13-7-10(17(18,19)20)8-14(25-2)15(13)16(23)21-11-9-12(11)22-5-3-4-6-22/h7-8,11-12H,3-6,9H2,1-2H3,(H,21,23). The molecule has 25 heavy (non-hydrogen) atoms. The van der Waals surface area contributed by atoms with Crippen LogP contribution in [0.5, 0.6) is 5.75 Å². The molecule has 0 aromatic heterocycles. The number of carbonyl (C=O) groups is 1. The van der Waals surface area contributed by atoms with Crippen molar-refractivity contribution in [3.63, 3.8) is 0 Å². The lowest BCUT2D eigenvalue weighted by Gasteiger charge is -2.17. The van der Waals surface area contributed by atoms with Crippen molar-refractivity contribution in [1.29, 1.82) is 0 Å². The van der Waals surface area contributed by atoms with Crippen LogP contribution in [0.2, 0.25) is 0 Å². The lowest BCUT2D eigenvalue weighted by molar-refractivity contribution is -0.137. The van der Waals surface area contributed by atoms with Crippen LogP contribution in [-0.4, -0.2) is 49.3 Å². The Bertz CT molecular complexity index is 635. The molecule has 1 amide bonds. The number of thioether (sulfide) groups is 1. The number of benzene rings is 1. The summed E-state index contributed by atoms with van der Waals surface area (Å²) in [7, 11) is 1.28. The maximum atomic E-state index is 13.0. The van der Waals surface area contributed by atoms with Gasteiger partial charge in [0.25, 0.3) is 5.91 Å². The van der Waals surface area contributed by atoms with E-state index in [1.54, 1.807) is 6.26 Å². The number of carbonyl (C=O) groups excluding carboxylic acids is 1. The van der Waals surface area contributed by atoms with Crippen LogP contribution in [0.15, 0.2) is 17.0 Å². The molecular weight excluding hydrogens is 353 g/mol. The zero-order valence-electron chi connectivity index (χ0n) is 14.2. The molecule has 1 aliphatic heterocycles. The van der Waals surface area contributed by atoms with Crippen LogP contribution >= 0.6 is 11.8 Å². The van der Waals surface area contributed by atoms with Gasteiger partial charge in [-0.15, -0.1) is 11.8 Å². The second-order valence-corrected chi connectivity index (χ2v) is 7.23. The van der Waals surface area contributed by atoms with E-state index in [1.165, 1.54) is 20.0 Å². The van der Waals surface area contributed by atoms with Crippen molar-refractivity contribution in [3.8, 4) is 5.75 Å². The summed E-state index contributed by atoms with van der Waals surface area (Å²) in [5.41, 5.74) is -0.637. The maximum Gasteiger partial charge on any atom is 0.416 e. The molecule has 2 aliphatic rings. The number of ether oxygens (including phenoxy) is 1. The predicted molar refractivity (Wildman–Crippen MR) is 90.2 cm³/mol. The van der Waals surface area contributed by atoms with Gasteiger partial charge >= 0.3 is 6.18 Å². The zero-order chi connectivity index (χ0) is 18.2. The van der Waals surface area contributed by atoms with E-state index in [9.17, 15) is 18.0 Å². The van der Waals surface area contributed by atoms with Gasteiger partial charge in [-0.1, -0.05) is 0 Å². The topological polar surface area (TPSA) is 41.6 Å². The SMILES string of the molecule is COc1cc(C(F)(F)F)cc(SC)c1C(=O)NC1CC1N1CCCC1. The Labute approximate surface area is 149 Å². The van der Waals surface area contributed by atoms with Crippen molar-refractivity contribution < 1.29 is 22.7 Å². The van der Waals surface area contributed by atoms with Crippen LogP contribution in [0.1, 0.15) is 35.2 Å². The molecule has 1 N–H and O–H groups in total. The first-order chi connectivity index (χ1) is 11.8. The van der Waals surface area contributed by atoms with Crippen molar-refractivity contribution in [3.05, 3.63) is 23.3 Å². The predicted octanol–water partition coefficient (Wildman–Crippen LogP) is 3.40. The Balaban J connectivity index is 1.79. The van der Waals surface area contributed by atoms with Crippen LogP contribution < -0.4 is 10.1 Å². The van der Waals surface area contributed by atoms with E-state index in [4.69, 9.17) is 4.74 Å². The van der Waals surface area contributed by atoms with Gasteiger partial charge < -0.3 is 10.1 Å². The average molecular weight is 374 g/mol. The van der Waals surface area contributed by atoms with Gasteiger partial charge in [0.2, 0.25) is 0 Å². The Morgan fingerprint density at radius 3 is 2.56 bits per heavy atom. The lowest BCUT2D eigenvalue weighted by Crippen LogP contribution is -2.34.